The third-order valence-corrected chi connectivity index (χ3v) is 4.99. The van der Waals surface area contributed by atoms with Crippen LogP contribution in [0.15, 0.2) is 0 Å². The van der Waals surface area contributed by atoms with Crippen LogP contribution < -0.4 is 0 Å². The summed E-state index contributed by atoms with van der Waals surface area (Å²) in [6.45, 7) is 0. The molecule has 0 radical (unpaired) electrons. The fourth-order valence-corrected chi connectivity index (χ4v) is 4.09. The van der Waals surface area contributed by atoms with Crippen molar-refractivity contribution in [1.82, 2.24) is 0 Å². The van der Waals surface area contributed by atoms with E-state index in [0.29, 0.717) is 11.8 Å². The Kier molecular flexibility index (Phi) is 4.87. The van der Waals surface area contributed by atoms with Crippen molar-refractivity contribution in [2.24, 2.45) is 11.8 Å². The Bertz CT molecular complexity index is 191. The van der Waals surface area contributed by atoms with Gasteiger partial charge in [0.25, 0.3) is 0 Å². The highest BCUT2D eigenvalue weighted by Gasteiger charge is 2.46. The van der Waals surface area contributed by atoms with Crippen molar-refractivity contribution in [3.63, 3.8) is 0 Å². The number of methoxy groups -OCH3 is 2. The number of hydrogen-bond donors (Lipinski definition) is 0. The third kappa shape index (κ3) is 2.68. The maximum absolute atomic E-state index is 5.94. The molecule has 2 heteroatoms. The van der Waals surface area contributed by atoms with Crippen LogP contribution in [0.1, 0.15) is 64.2 Å². The lowest BCUT2D eigenvalue weighted by molar-refractivity contribution is -0.280. The highest BCUT2D eigenvalue weighted by molar-refractivity contribution is 4.89. The monoisotopic (exact) mass is 240 g/mol. The zero-order valence-corrected chi connectivity index (χ0v) is 11.5. The molecule has 0 heterocycles. The second-order valence-corrected chi connectivity index (χ2v) is 5.80. The quantitative estimate of drug-likeness (QED) is 0.688. The SMILES string of the molecule is COC(OC)(C1CCCCC1)C1CCCCC1. The van der Waals surface area contributed by atoms with Gasteiger partial charge in [-0.05, 0) is 25.7 Å². The zero-order valence-electron chi connectivity index (χ0n) is 11.5. The Labute approximate surface area is 106 Å². The molecule has 2 nitrogen and oxygen atoms in total. The van der Waals surface area contributed by atoms with Crippen LogP contribution in [0.5, 0.6) is 0 Å². The molecule has 0 spiro atoms. The summed E-state index contributed by atoms with van der Waals surface area (Å²) in [4.78, 5) is 0. The van der Waals surface area contributed by atoms with E-state index in [4.69, 9.17) is 9.47 Å². The van der Waals surface area contributed by atoms with Gasteiger partial charge in [0.05, 0.1) is 0 Å². The van der Waals surface area contributed by atoms with Crippen LogP contribution in [0.4, 0.5) is 0 Å². The zero-order chi connectivity index (χ0) is 12.1. The maximum atomic E-state index is 5.94. The lowest BCUT2D eigenvalue weighted by Gasteiger charge is -2.46. The second-order valence-electron chi connectivity index (χ2n) is 5.80. The summed E-state index contributed by atoms with van der Waals surface area (Å²) in [5.74, 6) is 0.963. The van der Waals surface area contributed by atoms with Gasteiger partial charge in [-0.3, -0.25) is 0 Å². The van der Waals surface area contributed by atoms with Crippen LogP contribution >= 0.6 is 0 Å². The molecule has 17 heavy (non-hydrogen) atoms. The molecule has 0 amide bonds. The van der Waals surface area contributed by atoms with E-state index in [-0.39, 0.29) is 5.79 Å². The number of hydrogen-bond acceptors (Lipinski definition) is 2. The lowest BCUT2D eigenvalue weighted by atomic mass is 9.72. The minimum absolute atomic E-state index is 0.277. The van der Waals surface area contributed by atoms with E-state index in [1.165, 1.54) is 64.2 Å². The highest BCUT2D eigenvalue weighted by atomic mass is 16.7. The van der Waals surface area contributed by atoms with Crippen LogP contribution in [0.3, 0.4) is 0 Å². The molecule has 0 aromatic heterocycles. The van der Waals surface area contributed by atoms with E-state index in [1.807, 2.05) is 14.2 Å². The smallest absolute Gasteiger partial charge is 0.173 e. The summed E-state index contributed by atoms with van der Waals surface area (Å²) >= 11 is 0. The molecule has 2 fully saturated rings. The summed E-state index contributed by atoms with van der Waals surface area (Å²) in [6, 6.07) is 0. The van der Waals surface area contributed by atoms with Gasteiger partial charge >= 0.3 is 0 Å². The Morgan fingerprint density at radius 3 is 1.29 bits per heavy atom. The predicted octanol–water partition coefficient (Wildman–Crippen LogP) is 4.14. The minimum Gasteiger partial charge on any atom is -0.353 e. The molecule has 100 valence electrons. The Morgan fingerprint density at radius 1 is 0.647 bits per heavy atom. The van der Waals surface area contributed by atoms with Crippen molar-refractivity contribution >= 4 is 0 Å². The van der Waals surface area contributed by atoms with Crippen LogP contribution in [-0.2, 0) is 9.47 Å². The molecular formula is C15H28O2. The molecule has 0 bridgehead atoms. The van der Waals surface area contributed by atoms with Crippen LogP contribution in [0.2, 0.25) is 0 Å². The van der Waals surface area contributed by atoms with E-state index in [2.05, 4.69) is 0 Å². The average molecular weight is 240 g/mol. The number of ether oxygens (including phenoxy) is 2. The summed E-state index contributed by atoms with van der Waals surface area (Å²) in [7, 11) is 3.71. The predicted molar refractivity (Wildman–Crippen MR) is 69.9 cm³/mol. The van der Waals surface area contributed by atoms with Crippen molar-refractivity contribution in [1.29, 1.82) is 0 Å². The number of rotatable bonds is 4. The molecule has 2 aliphatic carbocycles. The lowest BCUT2D eigenvalue weighted by Crippen LogP contribution is -2.50. The maximum Gasteiger partial charge on any atom is 0.173 e. The molecule has 0 atom stereocenters. The van der Waals surface area contributed by atoms with E-state index < -0.39 is 0 Å². The molecule has 2 rings (SSSR count). The molecular weight excluding hydrogens is 212 g/mol. The first kappa shape index (κ1) is 13.4. The van der Waals surface area contributed by atoms with Crippen molar-refractivity contribution in [3.05, 3.63) is 0 Å². The largest absolute Gasteiger partial charge is 0.353 e. The van der Waals surface area contributed by atoms with Gasteiger partial charge in [-0.25, -0.2) is 0 Å². The topological polar surface area (TPSA) is 18.5 Å². The van der Waals surface area contributed by atoms with Crippen LogP contribution in [0.25, 0.3) is 0 Å². The second kappa shape index (κ2) is 6.19. The van der Waals surface area contributed by atoms with E-state index in [9.17, 15) is 0 Å². The van der Waals surface area contributed by atoms with Crippen molar-refractivity contribution < 1.29 is 9.47 Å². The van der Waals surface area contributed by atoms with Gasteiger partial charge in [-0.15, -0.1) is 0 Å². The summed E-state index contributed by atoms with van der Waals surface area (Å²) in [6.07, 6.45) is 13.4. The standard InChI is InChI=1S/C15H28O2/c1-16-15(17-2,13-9-5-3-6-10-13)14-11-7-4-8-12-14/h13-14H,3-12H2,1-2H3. The summed E-state index contributed by atoms with van der Waals surface area (Å²) in [5, 5.41) is 0. The van der Waals surface area contributed by atoms with Gasteiger partial charge in [-0.1, -0.05) is 38.5 Å². The van der Waals surface area contributed by atoms with Gasteiger partial charge < -0.3 is 9.47 Å². The van der Waals surface area contributed by atoms with E-state index >= 15 is 0 Å². The van der Waals surface area contributed by atoms with Gasteiger partial charge in [0.1, 0.15) is 0 Å². The third-order valence-electron chi connectivity index (χ3n) is 4.99. The van der Waals surface area contributed by atoms with Crippen molar-refractivity contribution in [2.45, 2.75) is 70.0 Å². The highest BCUT2D eigenvalue weighted by Crippen LogP contribution is 2.45. The summed E-state index contributed by atoms with van der Waals surface area (Å²) in [5.41, 5.74) is 0. The summed E-state index contributed by atoms with van der Waals surface area (Å²) < 4.78 is 11.9. The van der Waals surface area contributed by atoms with Crippen LogP contribution in [-0.4, -0.2) is 20.0 Å². The molecule has 0 aliphatic heterocycles. The first-order chi connectivity index (χ1) is 8.33. The van der Waals surface area contributed by atoms with Crippen molar-refractivity contribution in [2.75, 3.05) is 14.2 Å². The Balaban J connectivity index is 2.10. The molecule has 0 aromatic carbocycles. The van der Waals surface area contributed by atoms with Gasteiger partial charge in [0, 0.05) is 26.1 Å². The van der Waals surface area contributed by atoms with E-state index in [1.54, 1.807) is 0 Å². The Morgan fingerprint density at radius 2 is 1.00 bits per heavy atom. The van der Waals surface area contributed by atoms with Gasteiger partial charge in [0.15, 0.2) is 5.79 Å². The average Bonchev–Trinajstić information content (AvgIpc) is 2.43. The van der Waals surface area contributed by atoms with E-state index in [0.717, 1.165) is 0 Å². The molecule has 2 aliphatic rings. The fraction of sp³-hybridized carbons (Fsp3) is 1.00. The molecule has 0 aromatic rings. The van der Waals surface area contributed by atoms with Gasteiger partial charge in [-0.2, -0.15) is 0 Å². The van der Waals surface area contributed by atoms with Crippen molar-refractivity contribution in [3.8, 4) is 0 Å². The van der Waals surface area contributed by atoms with Crippen LogP contribution in [0, 0.1) is 11.8 Å². The molecule has 0 N–H and O–H groups in total. The normalized spacial score (nSPS) is 25.1. The molecule has 0 unspecified atom stereocenters. The Hall–Kier alpha value is -0.0800. The fourth-order valence-electron chi connectivity index (χ4n) is 4.09. The molecule has 0 saturated heterocycles. The first-order valence-corrected chi connectivity index (χ1v) is 7.44. The minimum atomic E-state index is -0.277. The first-order valence-electron chi connectivity index (χ1n) is 7.44. The molecule has 2 saturated carbocycles. The van der Waals surface area contributed by atoms with Gasteiger partial charge in [0.2, 0.25) is 0 Å².